The lowest BCUT2D eigenvalue weighted by molar-refractivity contribution is -0.117. The number of hydrogen-bond donors (Lipinski definition) is 2. The van der Waals surface area contributed by atoms with Crippen LogP contribution in [-0.2, 0) is 9.53 Å². The highest BCUT2D eigenvalue weighted by Gasteiger charge is 2.07. The maximum atomic E-state index is 11.8. The van der Waals surface area contributed by atoms with E-state index in [0.29, 0.717) is 15.8 Å². The molecule has 0 aliphatic carbocycles. The topological polar surface area (TPSA) is 64.3 Å². The fourth-order valence-electron chi connectivity index (χ4n) is 1.19. The number of benzene rings is 1. The molecule has 1 rings (SSSR count). The zero-order chi connectivity index (χ0) is 13.5. The molecular formula is C11H13BrF2N2O2. The summed E-state index contributed by atoms with van der Waals surface area (Å²) in [7, 11) is 0. The molecule has 1 amide bonds. The Morgan fingerprint density at radius 3 is 2.89 bits per heavy atom. The SMILES string of the molecule is Nc1ccc(Br)c(NC(=O)CCOCC(F)F)c1. The summed E-state index contributed by atoms with van der Waals surface area (Å²) in [5.41, 5.74) is 6.63. The lowest BCUT2D eigenvalue weighted by Crippen LogP contribution is -2.16. The van der Waals surface area contributed by atoms with Crippen LogP contribution >= 0.6 is 15.9 Å². The molecule has 4 nitrogen and oxygen atoms in total. The van der Waals surface area contributed by atoms with Crippen molar-refractivity contribution in [1.82, 2.24) is 0 Å². The van der Waals surface area contributed by atoms with E-state index in [2.05, 4.69) is 26.0 Å². The van der Waals surface area contributed by atoms with Crippen LogP contribution in [0.2, 0.25) is 0 Å². The van der Waals surface area contributed by atoms with Gasteiger partial charge in [-0.25, -0.2) is 8.78 Å². The Balaban J connectivity index is 2.38. The summed E-state index contributed by atoms with van der Waals surface area (Å²) in [5, 5.41) is 2.61. The summed E-state index contributed by atoms with van der Waals surface area (Å²) in [5.74, 6) is -0.324. The molecule has 0 unspecified atom stereocenters. The van der Waals surface area contributed by atoms with Gasteiger partial charge >= 0.3 is 0 Å². The molecule has 3 N–H and O–H groups in total. The van der Waals surface area contributed by atoms with E-state index in [0.717, 1.165) is 0 Å². The van der Waals surface area contributed by atoms with Crippen LogP contribution in [0.25, 0.3) is 0 Å². The van der Waals surface area contributed by atoms with Crippen LogP contribution in [0.1, 0.15) is 6.42 Å². The van der Waals surface area contributed by atoms with Crippen LogP contribution in [0.15, 0.2) is 22.7 Å². The average molecular weight is 323 g/mol. The van der Waals surface area contributed by atoms with Gasteiger partial charge in [0, 0.05) is 10.2 Å². The summed E-state index contributed by atoms with van der Waals surface area (Å²) in [6.07, 6.45) is -2.51. The molecule has 0 saturated heterocycles. The van der Waals surface area contributed by atoms with Crippen LogP contribution in [-0.4, -0.2) is 25.5 Å². The maximum absolute atomic E-state index is 11.8. The second-order valence-electron chi connectivity index (χ2n) is 3.50. The van der Waals surface area contributed by atoms with E-state index in [1.54, 1.807) is 18.2 Å². The highest BCUT2D eigenvalue weighted by atomic mass is 79.9. The first-order valence-electron chi connectivity index (χ1n) is 5.20. The molecule has 100 valence electrons. The van der Waals surface area contributed by atoms with E-state index in [9.17, 15) is 13.6 Å². The number of alkyl halides is 2. The van der Waals surface area contributed by atoms with Gasteiger partial charge < -0.3 is 15.8 Å². The molecule has 0 atom stereocenters. The van der Waals surface area contributed by atoms with Crippen molar-refractivity contribution in [2.24, 2.45) is 0 Å². The van der Waals surface area contributed by atoms with Gasteiger partial charge in [-0.2, -0.15) is 0 Å². The minimum atomic E-state index is -2.52. The van der Waals surface area contributed by atoms with Gasteiger partial charge in [-0.3, -0.25) is 4.79 Å². The van der Waals surface area contributed by atoms with Crippen molar-refractivity contribution >= 4 is 33.2 Å². The lowest BCUT2D eigenvalue weighted by atomic mass is 10.2. The van der Waals surface area contributed by atoms with Crippen LogP contribution in [0.4, 0.5) is 20.2 Å². The number of nitrogen functional groups attached to an aromatic ring is 1. The first kappa shape index (κ1) is 14.8. The van der Waals surface area contributed by atoms with Gasteiger partial charge in [0.15, 0.2) is 0 Å². The Morgan fingerprint density at radius 2 is 2.22 bits per heavy atom. The second kappa shape index (κ2) is 7.27. The number of anilines is 2. The summed E-state index contributed by atoms with van der Waals surface area (Å²) >= 11 is 3.26. The Kier molecular flexibility index (Phi) is 6.00. The Bertz CT molecular complexity index is 416. The van der Waals surface area contributed by atoms with Gasteiger partial charge in [-0.1, -0.05) is 0 Å². The van der Waals surface area contributed by atoms with Crippen molar-refractivity contribution < 1.29 is 18.3 Å². The smallest absolute Gasteiger partial charge is 0.261 e. The van der Waals surface area contributed by atoms with E-state index < -0.39 is 13.0 Å². The van der Waals surface area contributed by atoms with E-state index >= 15 is 0 Å². The summed E-state index contributed by atoms with van der Waals surface area (Å²) in [6, 6.07) is 4.99. The quantitative estimate of drug-likeness (QED) is 0.625. The van der Waals surface area contributed by atoms with Crippen molar-refractivity contribution in [3.05, 3.63) is 22.7 Å². The Labute approximate surface area is 112 Å². The Hall–Kier alpha value is -1.21. The van der Waals surface area contributed by atoms with Crippen LogP contribution < -0.4 is 11.1 Å². The van der Waals surface area contributed by atoms with Gasteiger partial charge in [0.1, 0.15) is 6.61 Å². The highest BCUT2D eigenvalue weighted by Crippen LogP contribution is 2.24. The minimum Gasteiger partial charge on any atom is -0.399 e. The number of halogens is 3. The molecule has 0 aliphatic heterocycles. The molecule has 7 heteroatoms. The van der Waals surface area contributed by atoms with Crippen molar-refractivity contribution in [2.45, 2.75) is 12.8 Å². The number of carbonyl (C=O) groups excluding carboxylic acids is 1. The standard InChI is InChI=1S/C11H13BrF2N2O2/c12-8-2-1-7(15)5-9(8)16-11(17)3-4-18-6-10(13)14/h1-2,5,10H,3-4,6,15H2,(H,16,17). The van der Waals surface area contributed by atoms with Crippen molar-refractivity contribution in [1.29, 1.82) is 0 Å². The minimum absolute atomic E-state index is 0.00790. The van der Waals surface area contributed by atoms with E-state index in [4.69, 9.17) is 5.73 Å². The molecule has 18 heavy (non-hydrogen) atoms. The molecule has 0 aromatic heterocycles. The third-order valence-corrected chi connectivity index (χ3v) is 2.67. The summed E-state index contributed by atoms with van der Waals surface area (Å²) in [4.78, 5) is 11.5. The molecule has 0 heterocycles. The largest absolute Gasteiger partial charge is 0.399 e. The van der Waals surface area contributed by atoms with Crippen molar-refractivity contribution in [3.8, 4) is 0 Å². The molecule has 0 fully saturated rings. The third-order valence-electron chi connectivity index (χ3n) is 1.98. The average Bonchev–Trinajstić information content (AvgIpc) is 2.29. The number of carbonyl (C=O) groups is 1. The van der Waals surface area contributed by atoms with Gasteiger partial charge in [0.05, 0.1) is 18.7 Å². The Morgan fingerprint density at radius 1 is 1.50 bits per heavy atom. The predicted octanol–water partition coefficient (Wildman–Crippen LogP) is 2.64. The fourth-order valence-corrected chi connectivity index (χ4v) is 1.53. The second-order valence-corrected chi connectivity index (χ2v) is 4.36. The van der Waals surface area contributed by atoms with E-state index in [-0.39, 0.29) is 18.9 Å². The molecule has 1 aromatic carbocycles. The first-order valence-corrected chi connectivity index (χ1v) is 5.99. The van der Waals surface area contributed by atoms with Crippen LogP contribution in [0, 0.1) is 0 Å². The molecule has 0 bridgehead atoms. The van der Waals surface area contributed by atoms with E-state index in [1.807, 2.05) is 0 Å². The first-order chi connectivity index (χ1) is 8.49. The van der Waals surface area contributed by atoms with Gasteiger partial charge in [-0.05, 0) is 34.1 Å². The number of amides is 1. The number of hydrogen-bond acceptors (Lipinski definition) is 3. The normalized spacial score (nSPS) is 10.7. The third kappa shape index (κ3) is 5.42. The molecule has 0 radical (unpaired) electrons. The fraction of sp³-hybridized carbons (Fsp3) is 0.364. The number of rotatable bonds is 6. The zero-order valence-electron chi connectivity index (χ0n) is 9.46. The van der Waals surface area contributed by atoms with Gasteiger partial charge in [0.2, 0.25) is 5.91 Å². The van der Waals surface area contributed by atoms with E-state index in [1.165, 1.54) is 0 Å². The molecule has 0 spiro atoms. The summed E-state index contributed by atoms with van der Waals surface area (Å²) in [6.45, 7) is -0.703. The zero-order valence-corrected chi connectivity index (χ0v) is 11.0. The van der Waals surface area contributed by atoms with Crippen molar-refractivity contribution in [3.63, 3.8) is 0 Å². The predicted molar refractivity (Wildman–Crippen MR) is 68.6 cm³/mol. The number of ether oxygens (including phenoxy) is 1. The lowest BCUT2D eigenvalue weighted by Gasteiger charge is -2.08. The van der Waals surface area contributed by atoms with Crippen LogP contribution in [0.5, 0.6) is 0 Å². The highest BCUT2D eigenvalue weighted by molar-refractivity contribution is 9.10. The van der Waals surface area contributed by atoms with Gasteiger partial charge in [-0.15, -0.1) is 0 Å². The van der Waals surface area contributed by atoms with Crippen molar-refractivity contribution in [2.75, 3.05) is 24.3 Å². The molecular weight excluding hydrogens is 310 g/mol. The molecule has 1 aromatic rings. The number of nitrogens with two attached hydrogens (primary N) is 1. The number of nitrogens with one attached hydrogen (secondary N) is 1. The van der Waals surface area contributed by atoms with Crippen LogP contribution in [0.3, 0.4) is 0 Å². The van der Waals surface area contributed by atoms with Gasteiger partial charge in [0.25, 0.3) is 6.43 Å². The summed E-state index contributed by atoms with van der Waals surface area (Å²) < 4.78 is 28.8. The maximum Gasteiger partial charge on any atom is 0.261 e. The monoisotopic (exact) mass is 322 g/mol. The molecule has 0 saturated carbocycles. The molecule has 0 aliphatic rings.